The molecule has 0 heterocycles. The molecule has 8 nitrogen and oxygen atoms in total. The summed E-state index contributed by atoms with van der Waals surface area (Å²) in [5.74, 6) is -1.79. The quantitative estimate of drug-likeness (QED) is 0.474. The molecule has 4 N–H and O–H groups in total. The summed E-state index contributed by atoms with van der Waals surface area (Å²) in [7, 11) is 0. The Labute approximate surface area is 198 Å². The lowest BCUT2D eigenvalue weighted by Crippen LogP contribution is -2.60. The number of carboxylic acids is 1. The Morgan fingerprint density at radius 3 is 2.15 bits per heavy atom. The lowest BCUT2D eigenvalue weighted by molar-refractivity contribution is -0.147. The van der Waals surface area contributed by atoms with Crippen molar-refractivity contribution in [1.29, 1.82) is 0 Å². The van der Waals surface area contributed by atoms with Gasteiger partial charge in [-0.15, -0.1) is 0 Å². The highest BCUT2D eigenvalue weighted by Crippen LogP contribution is 2.44. The number of carbonyl (C=O) groups is 3. The number of aliphatic hydroxyl groups is 1. The van der Waals surface area contributed by atoms with E-state index in [4.69, 9.17) is 9.84 Å². The van der Waals surface area contributed by atoms with Crippen LogP contribution < -0.4 is 10.6 Å². The molecule has 4 rings (SSSR count). The number of fused-ring (bicyclic) bond motifs is 3. The smallest absolute Gasteiger partial charge is 0.408 e. The predicted molar refractivity (Wildman–Crippen MR) is 125 cm³/mol. The summed E-state index contributed by atoms with van der Waals surface area (Å²) in [6.45, 7) is 0.156. The van der Waals surface area contributed by atoms with Gasteiger partial charge in [0.15, 0.2) is 6.10 Å². The first-order chi connectivity index (χ1) is 16.4. The molecule has 2 aromatic carbocycles. The third-order valence-corrected chi connectivity index (χ3v) is 6.82. The van der Waals surface area contributed by atoms with Gasteiger partial charge in [0, 0.05) is 18.9 Å². The third-order valence-electron chi connectivity index (χ3n) is 6.82. The molecule has 0 bridgehead atoms. The van der Waals surface area contributed by atoms with Crippen molar-refractivity contribution in [2.45, 2.75) is 56.1 Å². The van der Waals surface area contributed by atoms with Gasteiger partial charge in [-0.25, -0.2) is 9.59 Å². The van der Waals surface area contributed by atoms with Crippen LogP contribution >= 0.6 is 0 Å². The second-order valence-corrected chi connectivity index (χ2v) is 8.99. The Bertz CT molecular complexity index is 1020. The Morgan fingerprint density at radius 1 is 0.971 bits per heavy atom. The SMILES string of the molecule is O=C(NC1(C(=O)NCC[C@H](O)C(=O)O)CCCCC1)OCC1c2ccccc2-c2ccccc21. The fraction of sp³-hybridized carbons (Fsp3) is 0.423. The number of alkyl carbamates (subject to hydrolysis) is 1. The molecule has 1 saturated carbocycles. The lowest BCUT2D eigenvalue weighted by Gasteiger charge is -2.36. The molecule has 34 heavy (non-hydrogen) atoms. The molecule has 2 aliphatic rings. The van der Waals surface area contributed by atoms with Gasteiger partial charge in [-0.1, -0.05) is 67.8 Å². The summed E-state index contributed by atoms with van der Waals surface area (Å²) in [6, 6.07) is 16.2. The maximum Gasteiger partial charge on any atom is 0.408 e. The zero-order valence-corrected chi connectivity index (χ0v) is 19.0. The molecule has 2 amide bonds. The number of benzene rings is 2. The van der Waals surface area contributed by atoms with Crippen LogP contribution in [-0.2, 0) is 14.3 Å². The van der Waals surface area contributed by atoms with E-state index in [-0.39, 0.29) is 31.4 Å². The number of rotatable bonds is 8. The van der Waals surface area contributed by atoms with Crippen molar-refractivity contribution < 1.29 is 29.3 Å². The van der Waals surface area contributed by atoms with Crippen molar-refractivity contribution in [1.82, 2.24) is 10.6 Å². The fourth-order valence-electron chi connectivity index (χ4n) is 5.01. The van der Waals surface area contributed by atoms with Crippen LogP contribution in [0.4, 0.5) is 4.79 Å². The average molecular weight is 467 g/mol. The van der Waals surface area contributed by atoms with E-state index in [2.05, 4.69) is 22.8 Å². The summed E-state index contributed by atoms with van der Waals surface area (Å²) >= 11 is 0. The lowest BCUT2D eigenvalue weighted by atomic mass is 9.81. The number of nitrogens with one attached hydrogen (secondary N) is 2. The topological polar surface area (TPSA) is 125 Å². The van der Waals surface area contributed by atoms with Crippen molar-refractivity contribution >= 4 is 18.0 Å². The molecule has 0 saturated heterocycles. The molecule has 0 unspecified atom stereocenters. The van der Waals surface area contributed by atoms with E-state index < -0.39 is 23.7 Å². The highest BCUT2D eigenvalue weighted by molar-refractivity contribution is 5.90. The van der Waals surface area contributed by atoms with Crippen LogP contribution in [0.25, 0.3) is 11.1 Å². The number of carboxylic acid groups (broad SMARTS) is 1. The molecule has 180 valence electrons. The second kappa shape index (κ2) is 10.3. The summed E-state index contributed by atoms with van der Waals surface area (Å²) in [4.78, 5) is 36.6. The number of hydrogen-bond donors (Lipinski definition) is 4. The molecule has 0 radical (unpaired) electrons. The van der Waals surface area contributed by atoms with Crippen LogP contribution in [0.5, 0.6) is 0 Å². The first-order valence-corrected chi connectivity index (χ1v) is 11.7. The molecule has 1 atom stereocenters. The highest BCUT2D eigenvalue weighted by Gasteiger charge is 2.41. The van der Waals surface area contributed by atoms with Gasteiger partial charge in [0.25, 0.3) is 0 Å². The maximum atomic E-state index is 13.0. The molecule has 0 aliphatic heterocycles. The highest BCUT2D eigenvalue weighted by atomic mass is 16.5. The van der Waals surface area contributed by atoms with E-state index in [0.717, 1.165) is 41.5 Å². The summed E-state index contributed by atoms with van der Waals surface area (Å²) in [6.07, 6.45) is 1.20. The molecule has 2 aromatic rings. The van der Waals surface area contributed by atoms with E-state index >= 15 is 0 Å². The fourth-order valence-corrected chi connectivity index (χ4v) is 5.01. The minimum atomic E-state index is -1.54. The first kappa shape index (κ1) is 23.8. The van der Waals surface area contributed by atoms with Crippen molar-refractivity contribution in [2.24, 2.45) is 0 Å². The van der Waals surface area contributed by atoms with Gasteiger partial charge in [-0.05, 0) is 35.1 Å². The van der Waals surface area contributed by atoms with Gasteiger partial charge in [-0.3, -0.25) is 4.79 Å². The molecule has 2 aliphatic carbocycles. The van der Waals surface area contributed by atoms with E-state index in [9.17, 15) is 19.5 Å². The summed E-state index contributed by atoms with van der Waals surface area (Å²) < 4.78 is 5.64. The van der Waals surface area contributed by atoms with Crippen LogP contribution in [0.15, 0.2) is 48.5 Å². The summed E-state index contributed by atoms with van der Waals surface area (Å²) in [5.41, 5.74) is 3.39. The number of amides is 2. The van der Waals surface area contributed by atoms with E-state index in [1.807, 2.05) is 36.4 Å². The predicted octanol–water partition coefficient (Wildman–Crippen LogP) is 3.18. The van der Waals surface area contributed by atoms with Gasteiger partial charge < -0.3 is 25.6 Å². The molecular weight excluding hydrogens is 436 g/mol. The Hall–Kier alpha value is -3.39. The monoisotopic (exact) mass is 466 g/mol. The minimum absolute atomic E-state index is 0.000416. The molecule has 1 fully saturated rings. The standard InChI is InChI=1S/C26H30N2O6/c29-22(23(30)31)12-15-27-24(32)26(13-6-1-7-14-26)28-25(33)34-16-21-19-10-4-2-8-17(19)18-9-3-5-11-20(18)21/h2-5,8-11,21-22,29H,1,6-7,12-16H2,(H,27,32)(H,28,33)(H,30,31)/t22-/m0/s1. The van der Waals surface area contributed by atoms with Crippen LogP contribution in [-0.4, -0.2) is 53.0 Å². The zero-order valence-electron chi connectivity index (χ0n) is 19.0. The largest absolute Gasteiger partial charge is 0.479 e. The normalized spacial score (nSPS) is 17.2. The minimum Gasteiger partial charge on any atom is -0.479 e. The van der Waals surface area contributed by atoms with Crippen LogP contribution in [0.2, 0.25) is 0 Å². The van der Waals surface area contributed by atoms with Crippen LogP contribution in [0.1, 0.15) is 55.6 Å². The van der Waals surface area contributed by atoms with Crippen molar-refractivity contribution in [3.05, 3.63) is 59.7 Å². The Balaban J connectivity index is 1.40. The van der Waals surface area contributed by atoms with E-state index in [1.165, 1.54) is 0 Å². The van der Waals surface area contributed by atoms with Gasteiger partial charge in [0.05, 0.1) is 0 Å². The van der Waals surface area contributed by atoms with Gasteiger partial charge in [0.2, 0.25) is 5.91 Å². The number of aliphatic carboxylic acids is 1. The number of hydrogen-bond acceptors (Lipinski definition) is 5. The van der Waals surface area contributed by atoms with Gasteiger partial charge >= 0.3 is 12.1 Å². The molecular formula is C26H30N2O6. The first-order valence-electron chi connectivity index (χ1n) is 11.7. The van der Waals surface area contributed by atoms with Crippen LogP contribution in [0.3, 0.4) is 0 Å². The molecule has 8 heteroatoms. The Morgan fingerprint density at radius 2 is 1.56 bits per heavy atom. The van der Waals surface area contributed by atoms with E-state index in [0.29, 0.717) is 12.8 Å². The third kappa shape index (κ3) is 4.92. The van der Waals surface area contributed by atoms with E-state index in [1.54, 1.807) is 0 Å². The number of aliphatic hydroxyl groups excluding tert-OH is 1. The zero-order chi connectivity index (χ0) is 24.1. The average Bonchev–Trinajstić information content (AvgIpc) is 3.17. The van der Waals surface area contributed by atoms with Gasteiger partial charge in [-0.2, -0.15) is 0 Å². The van der Waals surface area contributed by atoms with Crippen molar-refractivity contribution in [2.75, 3.05) is 13.2 Å². The Kier molecular flexibility index (Phi) is 7.17. The number of carbonyl (C=O) groups excluding carboxylic acids is 2. The summed E-state index contributed by atoms with van der Waals surface area (Å²) in [5, 5.41) is 23.7. The number of ether oxygens (including phenoxy) is 1. The van der Waals surface area contributed by atoms with Crippen LogP contribution in [0, 0.1) is 0 Å². The second-order valence-electron chi connectivity index (χ2n) is 8.99. The van der Waals surface area contributed by atoms with Crippen molar-refractivity contribution in [3.63, 3.8) is 0 Å². The molecule has 0 aromatic heterocycles. The van der Waals surface area contributed by atoms with Gasteiger partial charge in [0.1, 0.15) is 12.1 Å². The van der Waals surface area contributed by atoms with Crippen molar-refractivity contribution in [3.8, 4) is 11.1 Å². The maximum absolute atomic E-state index is 13.0. The molecule has 0 spiro atoms.